The smallest absolute Gasteiger partial charge is 0.319 e. The molecule has 13 heteroatoms. The molecule has 0 radical (unpaired) electrons. The van der Waals surface area contributed by atoms with E-state index >= 15 is 4.39 Å². The van der Waals surface area contributed by atoms with E-state index < -0.39 is 11.6 Å². The van der Waals surface area contributed by atoms with Crippen molar-refractivity contribution in [3.8, 4) is 23.3 Å². The van der Waals surface area contributed by atoms with Crippen LogP contribution in [0.25, 0.3) is 32.2 Å². The zero-order valence-corrected chi connectivity index (χ0v) is 24.7. The highest BCUT2D eigenvalue weighted by Crippen LogP contribution is 2.48. The second-order valence-corrected chi connectivity index (χ2v) is 13.1. The second-order valence-electron chi connectivity index (χ2n) is 12.1. The van der Waals surface area contributed by atoms with Crippen molar-refractivity contribution in [3.05, 3.63) is 34.5 Å². The minimum absolute atomic E-state index is 0.0831. The topological polar surface area (TPSA) is 117 Å². The van der Waals surface area contributed by atoms with Gasteiger partial charge in [0.2, 0.25) is 0 Å². The van der Waals surface area contributed by atoms with Gasteiger partial charge in [-0.1, -0.05) is 0 Å². The van der Waals surface area contributed by atoms with E-state index in [0.29, 0.717) is 23.4 Å². The largest absolute Gasteiger partial charge is 0.462 e. The number of nitrogen functional groups attached to an aromatic ring is 1. The molecule has 9 rings (SSSR count). The van der Waals surface area contributed by atoms with Gasteiger partial charge in [0.1, 0.15) is 29.0 Å². The molecule has 5 aliphatic rings. The molecular formula is C30H30F2N8O2S. The Morgan fingerprint density at radius 1 is 1.16 bits per heavy atom. The van der Waals surface area contributed by atoms with Crippen LogP contribution in [0.2, 0.25) is 0 Å². The molecular weight excluding hydrogens is 574 g/mol. The first-order valence-electron chi connectivity index (χ1n) is 14.5. The van der Waals surface area contributed by atoms with Crippen molar-refractivity contribution in [2.45, 2.75) is 50.6 Å². The van der Waals surface area contributed by atoms with Gasteiger partial charge in [-0.05, 0) is 51.0 Å². The molecule has 4 aromatic rings. The Labute approximate surface area is 250 Å². The number of fused-ring (bicyclic) bond motifs is 6. The molecule has 4 saturated heterocycles. The first kappa shape index (κ1) is 26.9. The summed E-state index contributed by atoms with van der Waals surface area (Å²) in [5.41, 5.74) is 7.98. The quantitative estimate of drug-likeness (QED) is 0.358. The van der Waals surface area contributed by atoms with E-state index in [1.54, 1.807) is 0 Å². The maximum atomic E-state index is 17.1. The van der Waals surface area contributed by atoms with Crippen LogP contribution in [0.3, 0.4) is 0 Å². The Morgan fingerprint density at radius 3 is 2.70 bits per heavy atom. The number of hydrogen-bond acceptors (Lipinski definition) is 11. The highest BCUT2D eigenvalue weighted by Gasteiger charge is 2.46. The van der Waals surface area contributed by atoms with Crippen LogP contribution < -0.4 is 15.4 Å². The summed E-state index contributed by atoms with van der Waals surface area (Å²) in [6.45, 7) is 3.56. The van der Waals surface area contributed by atoms with Gasteiger partial charge >= 0.3 is 6.01 Å². The lowest BCUT2D eigenvalue weighted by Gasteiger charge is -2.56. The molecule has 222 valence electrons. The molecule has 2 bridgehead atoms. The number of piperidine rings is 1. The molecule has 2 N–H and O–H groups in total. The van der Waals surface area contributed by atoms with Gasteiger partial charge < -0.3 is 29.9 Å². The number of aromatic nitrogens is 3. The van der Waals surface area contributed by atoms with Crippen LogP contribution in [0.5, 0.6) is 6.01 Å². The third-order valence-corrected chi connectivity index (χ3v) is 10.5. The summed E-state index contributed by atoms with van der Waals surface area (Å²) in [6.07, 6.45) is 4.21. The van der Waals surface area contributed by atoms with Crippen molar-refractivity contribution in [1.82, 2.24) is 24.8 Å². The Bertz CT molecular complexity index is 1850. The predicted octanol–water partition coefficient (Wildman–Crippen LogP) is 4.03. The van der Waals surface area contributed by atoms with Gasteiger partial charge in [0, 0.05) is 42.2 Å². The number of thiophene rings is 1. The normalized spacial score (nSPS) is 23.6. The number of hydrogen-bond donors (Lipinski definition) is 1. The number of likely N-dealkylation sites (N-methyl/N-ethyl adjacent to an activating group) is 2. The van der Waals surface area contributed by atoms with Crippen molar-refractivity contribution in [3.63, 3.8) is 0 Å². The van der Waals surface area contributed by atoms with Crippen molar-refractivity contribution in [2.75, 3.05) is 51.0 Å². The second kappa shape index (κ2) is 9.92. The number of likely N-dealkylation sites (tertiary alicyclic amines) is 1. The highest BCUT2D eigenvalue weighted by atomic mass is 32.1. The van der Waals surface area contributed by atoms with Crippen LogP contribution in [-0.2, 0) is 18.0 Å². The third kappa shape index (κ3) is 4.00. The number of ether oxygens (including phenoxy) is 2. The fourth-order valence-electron chi connectivity index (χ4n) is 7.40. The first-order chi connectivity index (χ1) is 20.8. The van der Waals surface area contributed by atoms with E-state index in [0.717, 1.165) is 62.0 Å². The van der Waals surface area contributed by atoms with Gasteiger partial charge in [-0.3, -0.25) is 4.98 Å². The fraction of sp³-hybridized carbons (Fsp3) is 0.467. The molecule has 3 aromatic heterocycles. The molecule has 4 fully saturated rings. The predicted molar refractivity (Wildman–Crippen MR) is 159 cm³/mol. The van der Waals surface area contributed by atoms with Crippen LogP contribution in [-0.4, -0.2) is 83.2 Å². The number of halogens is 2. The average molecular weight is 605 g/mol. The molecule has 3 unspecified atom stereocenters. The number of benzene rings is 1. The average Bonchev–Trinajstić information content (AvgIpc) is 3.71. The fourth-order valence-corrected chi connectivity index (χ4v) is 8.33. The van der Waals surface area contributed by atoms with Crippen molar-refractivity contribution < 1.29 is 18.3 Å². The minimum Gasteiger partial charge on any atom is -0.462 e. The van der Waals surface area contributed by atoms with E-state index in [4.69, 9.17) is 20.2 Å². The number of pyridine rings is 1. The van der Waals surface area contributed by atoms with E-state index in [-0.39, 0.29) is 74.8 Å². The Kier molecular flexibility index (Phi) is 6.20. The van der Waals surface area contributed by atoms with Crippen LogP contribution in [0, 0.1) is 23.0 Å². The Balaban J connectivity index is 1.36. The van der Waals surface area contributed by atoms with Gasteiger partial charge in [0.15, 0.2) is 11.6 Å². The lowest BCUT2D eigenvalue weighted by Crippen LogP contribution is -2.68. The van der Waals surface area contributed by atoms with Gasteiger partial charge in [-0.2, -0.15) is 15.2 Å². The summed E-state index contributed by atoms with van der Waals surface area (Å²) in [6, 6.07) is 2.93. The van der Waals surface area contributed by atoms with E-state index in [9.17, 15) is 9.65 Å². The van der Waals surface area contributed by atoms with Crippen molar-refractivity contribution in [2.24, 2.45) is 0 Å². The molecule has 0 saturated carbocycles. The van der Waals surface area contributed by atoms with Gasteiger partial charge in [0.05, 0.1) is 40.8 Å². The van der Waals surface area contributed by atoms with Gasteiger partial charge in [-0.25, -0.2) is 8.78 Å². The SMILES string of the molecule is CN1CC2CC(C1)N2c1nc(OCC2CCCN2C)nc2c(F)c(-c3ncc(F)c4sc(N)c(C#N)c34)c3c(c12)COC3. The summed E-state index contributed by atoms with van der Waals surface area (Å²) < 4.78 is 44.3. The Hall–Kier alpha value is -3.70. The first-order valence-corrected chi connectivity index (χ1v) is 15.3. The highest BCUT2D eigenvalue weighted by molar-refractivity contribution is 7.23. The maximum absolute atomic E-state index is 17.1. The summed E-state index contributed by atoms with van der Waals surface area (Å²) in [7, 11) is 4.19. The zero-order chi connectivity index (χ0) is 29.6. The molecule has 10 nitrogen and oxygen atoms in total. The minimum atomic E-state index is -0.623. The standard InChI is InChI=1S/C30H30F2N8O2S/c1-38-9-15-6-16(10-38)40(15)29-23-19-13-41-12-18(19)21(25-22-17(7-33)28(34)43-27(22)20(31)8-35-25)24(32)26(23)36-30(37-29)42-11-14-4-3-5-39(14)2/h8,14-16H,3-6,9-13,34H2,1-2H3. The van der Waals surface area contributed by atoms with Crippen LogP contribution >= 0.6 is 11.3 Å². The summed E-state index contributed by atoms with van der Waals surface area (Å²) in [5, 5.41) is 10.9. The van der Waals surface area contributed by atoms with E-state index in [2.05, 4.69) is 44.8 Å². The number of rotatable bonds is 5. The lowest BCUT2D eigenvalue weighted by atomic mass is 9.86. The van der Waals surface area contributed by atoms with Gasteiger partial charge in [-0.15, -0.1) is 11.3 Å². The zero-order valence-electron chi connectivity index (χ0n) is 23.9. The van der Waals surface area contributed by atoms with Crippen molar-refractivity contribution >= 4 is 43.1 Å². The molecule has 0 amide bonds. The summed E-state index contributed by atoms with van der Waals surface area (Å²) in [5.74, 6) is -0.573. The van der Waals surface area contributed by atoms with Crippen LogP contribution in [0.4, 0.5) is 19.6 Å². The monoisotopic (exact) mass is 604 g/mol. The molecule has 0 aliphatic carbocycles. The number of piperazine rings is 1. The number of nitriles is 1. The molecule has 1 aromatic carbocycles. The molecule has 8 heterocycles. The molecule has 5 aliphatic heterocycles. The number of anilines is 2. The number of nitrogens with two attached hydrogens (primary N) is 1. The lowest BCUT2D eigenvalue weighted by molar-refractivity contribution is 0.134. The number of nitrogens with zero attached hydrogens (tertiary/aromatic N) is 7. The molecule has 3 atom stereocenters. The molecule has 43 heavy (non-hydrogen) atoms. The summed E-state index contributed by atoms with van der Waals surface area (Å²) >= 11 is 0.956. The Morgan fingerprint density at radius 2 is 1.95 bits per heavy atom. The van der Waals surface area contributed by atoms with Gasteiger partial charge in [0.25, 0.3) is 0 Å². The van der Waals surface area contributed by atoms with Crippen LogP contribution in [0.1, 0.15) is 36.0 Å². The third-order valence-electron chi connectivity index (χ3n) is 9.50. The van der Waals surface area contributed by atoms with Crippen molar-refractivity contribution in [1.29, 1.82) is 5.26 Å². The molecule has 0 spiro atoms. The van der Waals surface area contributed by atoms with Crippen LogP contribution in [0.15, 0.2) is 6.20 Å². The summed E-state index contributed by atoms with van der Waals surface area (Å²) in [4.78, 5) is 20.8. The van der Waals surface area contributed by atoms with E-state index in [1.165, 1.54) is 0 Å². The maximum Gasteiger partial charge on any atom is 0.319 e. The van der Waals surface area contributed by atoms with E-state index in [1.807, 2.05) is 0 Å².